The first-order chi connectivity index (χ1) is 9.78. The van der Waals surface area contributed by atoms with Crippen LogP contribution in [0.1, 0.15) is 6.42 Å². The molecule has 1 atom stereocenters. The average molecular weight is 336 g/mol. The van der Waals surface area contributed by atoms with Gasteiger partial charge in [0.1, 0.15) is 11.6 Å². The van der Waals surface area contributed by atoms with Crippen molar-refractivity contribution in [2.45, 2.75) is 12.5 Å². The Balaban J connectivity index is 1.92. The van der Waals surface area contributed by atoms with Gasteiger partial charge in [0.2, 0.25) is 0 Å². The standard InChI is InChI=1S/C13H15ClFNO4S/c1-16(10-4-5-21(18,19)8-10)13(17)7-20-12-3-2-9(15)6-11(12)14/h2-3,6,10H,4-5,7-8H2,1H3. The summed E-state index contributed by atoms with van der Waals surface area (Å²) in [5, 5.41) is 0.0777. The van der Waals surface area contributed by atoms with E-state index < -0.39 is 15.7 Å². The minimum Gasteiger partial charge on any atom is -0.482 e. The summed E-state index contributed by atoms with van der Waals surface area (Å²) in [5.74, 6) is -0.560. The summed E-state index contributed by atoms with van der Waals surface area (Å²) in [4.78, 5) is 13.4. The molecule has 1 aromatic carbocycles. The van der Waals surface area contributed by atoms with Gasteiger partial charge in [-0.15, -0.1) is 0 Å². The molecule has 1 aliphatic rings. The second kappa shape index (κ2) is 6.19. The van der Waals surface area contributed by atoms with Crippen molar-refractivity contribution < 1.29 is 22.3 Å². The molecule has 1 amide bonds. The number of nitrogens with zero attached hydrogens (tertiary/aromatic N) is 1. The van der Waals surface area contributed by atoms with E-state index in [-0.39, 0.29) is 40.8 Å². The fourth-order valence-corrected chi connectivity index (χ4v) is 4.11. The number of carbonyl (C=O) groups is 1. The van der Waals surface area contributed by atoms with Crippen LogP contribution in [0.5, 0.6) is 5.75 Å². The van der Waals surface area contributed by atoms with Crippen LogP contribution in [-0.2, 0) is 14.6 Å². The first-order valence-corrected chi connectivity index (χ1v) is 8.52. The molecule has 0 radical (unpaired) electrons. The molecular formula is C13H15ClFNO4S. The van der Waals surface area contributed by atoms with Gasteiger partial charge in [-0.1, -0.05) is 11.6 Å². The van der Waals surface area contributed by atoms with Crippen LogP contribution in [0.4, 0.5) is 4.39 Å². The normalized spacial score (nSPS) is 20.2. The van der Waals surface area contributed by atoms with Gasteiger partial charge < -0.3 is 9.64 Å². The minimum atomic E-state index is -3.05. The summed E-state index contributed by atoms with van der Waals surface area (Å²) in [6, 6.07) is 3.29. The molecule has 1 unspecified atom stereocenters. The molecule has 0 saturated carbocycles. The molecular weight excluding hydrogens is 321 g/mol. The number of halogens is 2. The van der Waals surface area contributed by atoms with Crippen LogP contribution in [0.25, 0.3) is 0 Å². The lowest BCUT2D eigenvalue weighted by Crippen LogP contribution is -2.40. The summed E-state index contributed by atoms with van der Waals surface area (Å²) < 4.78 is 40.9. The predicted octanol–water partition coefficient (Wildman–Crippen LogP) is 1.50. The molecule has 21 heavy (non-hydrogen) atoms. The van der Waals surface area contributed by atoms with Crippen LogP contribution >= 0.6 is 11.6 Å². The van der Waals surface area contributed by atoms with Crippen molar-refractivity contribution in [2.75, 3.05) is 25.2 Å². The van der Waals surface area contributed by atoms with Crippen molar-refractivity contribution in [2.24, 2.45) is 0 Å². The Morgan fingerprint density at radius 3 is 2.81 bits per heavy atom. The van der Waals surface area contributed by atoms with Gasteiger partial charge in [0.25, 0.3) is 5.91 Å². The van der Waals surface area contributed by atoms with Crippen molar-refractivity contribution in [1.82, 2.24) is 4.90 Å². The number of amides is 1. The lowest BCUT2D eigenvalue weighted by atomic mass is 10.2. The Labute approximate surface area is 127 Å². The average Bonchev–Trinajstić information content (AvgIpc) is 2.77. The van der Waals surface area contributed by atoms with Gasteiger partial charge in [-0.05, 0) is 24.6 Å². The predicted molar refractivity (Wildman–Crippen MR) is 76.7 cm³/mol. The van der Waals surface area contributed by atoms with Gasteiger partial charge in [-0.2, -0.15) is 0 Å². The van der Waals surface area contributed by atoms with Crippen molar-refractivity contribution in [3.8, 4) is 5.75 Å². The van der Waals surface area contributed by atoms with E-state index in [1.807, 2.05) is 0 Å². The number of rotatable bonds is 4. The summed E-state index contributed by atoms with van der Waals surface area (Å²) in [5.41, 5.74) is 0. The van der Waals surface area contributed by atoms with Crippen LogP contribution in [0.15, 0.2) is 18.2 Å². The molecule has 1 saturated heterocycles. The van der Waals surface area contributed by atoms with Gasteiger partial charge in [0, 0.05) is 13.1 Å². The number of ether oxygens (including phenoxy) is 1. The highest BCUT2D eigenvalue weighted by Gasteiger charge is 2.32. The summed E-state index contributed by atoms with van der Waals surface area (Å²) in [7, 11) is -1.50. The van der Waals surface area contributed by atoms with Gasteiger partial charge >= 0.3 is 0 Å². The molecule has 5 nitrogen and oxygen atoms in total. The molecule has 8 heteroatoms. The van der Waals surface area contributed by atoms with E-state index in [1.54, 1.807) is 7.05 Å². The van der Waals surface area contributed by atoms with Gasteiger partial charge in [0.05, 0.1) is 16.5 Å². The Kier molecular flexibility index (Phi) is 4.73. The van der Waals surface area contributed by atoms with Crippen molar-refractivity contribution in [1.29, 1.82) is 0 Å². The van der Waals surface area contributed by atoms with Crippen LogP contribution < -0.4 is 4.74 Å². The molecule has 1 aromatic rings. The molecule has 0 N–H and O–H groups in total. The van der Waals surface area contributed by atoms with Gasteiger partial charge in [0.15, 0.2) is 16.4 Å². The van der Waals surface area contributed by atoms with Crippen molar-refractivity contribution in [3.05, 3.63) is 29.0 Å². The topological polar surface area (TPSA) is 63.7 Å². The second-order valence-electron chi connectivity index (χ2n) is 4.92. The smallest absolute Gasteiger partial charge is 0.260 e. The largest absolute Gasteiger partial charge is 0.482 e. The third-order valence-corrected chi connectivity index (χ3v) is 5.44. The summed E-state index contributed by atoms with van der Waals surface area (Å²) in [6.45, 7) is -0.279. The molecule has 1 fully saturated rings. The van der Waals surface area contributed by atoms with Crippen LogP contribution in [0.3, 0.4) is 0 Å². The first-order valence-electron chi connectivity index (χ1n) is 6.32. The van der Waals surface area contributed by atoms with E-state index in [0.29, 0.717) is 6.42 Å². The minimum absolute atomic E-state index is 0.0213. The maximum atomic E-state index is 12.9. The lowest BCUT2D eigenvalue weighted by Gasteiger charge is -2.23. The highest BCUT2D eigenvalue weighted by molar-refractivity contribution is 7.91. The molecule has 1 heterocycles. The molecule has 0 bridgehead atoms. The lowest BCUT2D eigenvalue weighted by molar-refractivity contribution is -0.133. The number of hydrogen-bond donors (Lipinski definition) is 0. The highest BCUT2D eigenvalue weighted by Crippen LogP contribution is 2.25. The SMILES string of the molecule is CN(C(=O)COc1ccc(F)cc1Cl)C1CCS(=O)(=O)C1. The van der Waals surface area contributed by atoms with E-state index in [9.17, 15) is 17.6 Å². The van der Waals surface area contributed by atoms with E-state index in [1.165, 1.54) is 17.0 Å². The van der Waals surface area contributed by atoms with Crippen molar-refractivity contribution >= 4 is 27.3 Å². The maximum absolute atomic E-state index is 12.9. The monoisotopic (exact) mass is 335 g/mol. The van der Waals surface area contributed by atoms with Crippen LogP contribution in [0, 0.1) is 5.82 Å². The second-order valence-corrected chi connectivity index (χ2v) is 7.56. The molecule has 1 aliphatic heterocycles. The fourth-order valence-electron chi connectivity index (χ4n) is 2.12. The molecule has 2 rings (SSSR count). The quantitative estimate of drug-likeness (QED) is 0.836. The zero-order valence-corrected chi connectivity index (χ0v) is 13.0. The number of benzene rings is 1. The number of likely N-dealkylation sites (N-methyl/N-ethyl adjacent to an activating group) is 1. The zero-order chi connectivity index (χ0) is 15.6. The zero-order valence-electron chi connectivity index (χ0n) is 11.4. The highest BCUT2D eigenvalue weighted by atomic mass is 35.5. The molecule has 0 aromatic heterocycles. The Hall–Kier alpha value is -1.34. The Bertz CT molecular complexity index is 650. The Morgan fingerprint density at radius 2 is 2.24 bits per heavy atom. The van der Waals surface area contributed by atoms with Crippen LogP contribution in [-0.4, -0.2) is 50.4 Å². The maximum Gasteiger partial charge on any atom is 0.260 e. The third-order valence-electron chi connectivity index (χ3n) is 3.39. The van der Waals surface area contributed by atoms with E-state index in [0.717, 1.165) is 6.07 Å². The van der Waals surface area contributed by atoms with E-state index in [2.05, 4.69) is 0 Å². The van der Waals surface area contributed by atoms with Gasteiger partial charge in [-0.3, -0.25) is 4.79 Å². The third kappa shape index (κ3) is 4.07. The fraction of sp³-hybridized carbons (Fsp3) is 0.462. The molecule has 0 aliphatic carbocycles. The summed E-state index contributed by atoms with van der Waals surface area (Å²) in [6.07, 6.45) is 0.432. The van der Waals surface area contributed by atoms with Gasteiger partial charge in [-0.25, -0.2) is 12.8 Å². The van der Waals surface area contributed by atoms with E-state index >= 15 is 0 Å². The first kappa shape index (κ1) is 16.0. The van der Waals surface area contributed by atoms with Crippen molar-refractivity contribution in [3.63, 3.8) is 0 Å². The Morgan fingerprint density at radius 1 is 1.52 bits per heavy atom. The summed E-state index contributed by atoms with van der Waals surface area (Å²) >= 11 is 5.79. The van der Waals surface area contributed by atoms with Crippen LogP contribution in [0.2, 0.25) is 5.02 Å². The molecule has 116 valence electrons. The number of hydrogen-bond acceptors (Lipinski definition) is 4. The van der Waals surface area contributed by atoms with E-state index in [4.69, 9.17) is 16.3 Å². The molecule has 0 spiro atoms. The number of carbonyl (C=O) groups excluding carboxylic acids is 1. The number of sulfone groups is 1.